The number of carbonyl (C=O) groups excluding carboxylic acids is 1. The van der Waals surface area contributed by atoms with E-state index in [4.69, 9.17) is 0 Å². The molecule has 19 heavy (non-hydrogen) atoms. The Morgan fingerprint density at radius 3 is 3.21 bits per heavy atom. The van der Waals surface area contributed by atoms with Crippen molar-refractivity contribution >= 4 is 5.91 Å². The Hall–Kier alpha value is -2.17. The lowest BCUT2D eigenvalue weighted by Crippen LogP contribution is -2.35. The summed E-state index contributed by atoms with van der Waals surface area (Å²) < 4.78 is 0. The van der Waals surface area contributed by atoms with Gasteiger partial charge in [-0.2, -0.15) is 5.10 Å². The van der Waals surface area contributed by atoms with Gasteiger partial charge in [0.25, 0.3) is 0 Å². The van der Waals surface area contributed by atoms with Crippen LogP contribution in [0.5, 0.6) is 0 Å². The summed E-state index contributed by atoms with van der Waals surface area (Å²) in [5.41, 5.74) is 3.41. The number of aromatic nitrogens is 3. The maximum absolute atomic E-state index is 12.2. The molecule has 2 aromatic rings. The zero-order valence-corrected chi connectivity index (χ0v) is 10.7. The van der Waals surface area contributed by atoms with E-state index >= 15 is 0 Å². The highest BCUT2D eigenvalue weighted by atomic mass is 16.2. The molecule has 5 heteroatoms. The molecule has 1 N–H and O–H groups in total. The Morgan fingerprint density at radius 1 is 1.42 bits per heavy atom. The second kappa shape index (κ2) is 5.22. The predicted molar refractivity (Wildman–Crippen MR) is 70.3 cm³/mol. The van der Waals surface area contributed by atoms with Crippen LogP contribution in [0, 0.1) is 0 Å². The predicted octanol–water partition coefficient (Wildman–Crippen LogP) is 1.32. The molecule has 1 aliphatic heterocycles. The van der Waals surface area contributed by atoms with Gasteiger partial charge in [-0.25, -0.2) is 0 Å². The van der Waals surface area contributed by atoms with Crippen LogP contribution in [0.2, 0.25) is 0 Å². The van der Waals surface area contributed by atoms with E-state index < -0.39 is 0 Å². The highest BCUT2D eigenvalue weighted by molar-refractivity contribution is 5.76. The number of hydrogen-bond donors (Lipinski definition) is 1. The summed E-state index contributed by atoms with van der Waals surface area (Å²) in [5, 5.41) is 7.00. The summed E-state index contributed by atoms with van der Waals surface area (Å²) in [6, 6.07) is 3.91. The molecule has 0 saturated carbocycles. The van der Waals surface area contributed by atoms with Crippen molar-refractivity contribution < 1.29 is 4.79 Å². The van der Waals surface area contributed by atoms with Gasteiger partial charge < -0.3 is 4.90 Å². The minimum absolute atomic E-state index is 0.204. The molecule has 2 aromatic heterocycles. The molecule has 0 aliphatic carbocycles. The molecule has 0 unspecified atom stereocenters. The molecular formula is C14H16N4O. The Kier molecular flexibility index (Phi) is 3.27. The Morgan fingerprint density at radius 2 is 2.37 bits per heavy atom. The molecule has 3 heterocycles. The first-order chi connectivity index (χ1) is 9.33. The van der Waals surface area contributed by atoms with Crippen LogP contribution < -0.4 is 0 Å². The smallest absolute Gasteiger partial charge is 0.223 e. The van der Waals surface area contributed by atoms with Crippen molar-refractivity contribution in [2.45, 2.75) is 25.8 Å². The summed E-state index contributed by atoms with van der Waals surface area (Å²) >= 11 is 0. The van der Waals surface area contributed by atoms with E-state index in [1.165, 1.54) is 0 Å². The van der Waals surface area contributed by atoms with Gasteiger partial charge in [0.05, 0.1) is 6.20 Å². The quantitative estimate of drug-likeness (QED) is 0.901. The first-order valence-corrected chi connectivity index (χ1v) is 6.51. The maximum atomic E-state index is 12.2. The number of fused-ring (bicyclic) bond motifs is 1. The lowest BCUT2D eigenvalue weighted by atomic mass is 10.1. The van der Waals surface area contributed by atoms with Gasteiger partial charge >= 0.3 is 0 Å². The minimum atomic E-state index is 0.204. The van der Waals surface area contributed by atoms with Crippen molar-refractivity contribution in [1.29, 1.82) is 0 Å². The van der Waals surface area contributed by atoms with E-state index in [-0.39, 0.29) is 5.91 Å². The minimum Gasteiger partial charge on any atom is -0.338 e. The van der Waals surface area contributed by atoms with Crippen molar-refractivity contribution in [1.82, 2.24) is 20.1 Å². The first kappa shape index (κ1) is 11.9. The molecule has 0 spiro atoms. The SMILES string of the molecule is O=C(CCc1cccnc1)N1CCc2[nH]ncc2C1. The summed E-state index contributed by atoms with van der Waals surface area (Å²) in [4.78, 5) is 18.1. The maximum Gasteiger partial charge on any atom is 0.223 e. The second-order valence-corrected chi connectivity index (χ2v) is 4.80. The third-order valence-corrected chi connectivity index (χ3v) is 3.50. The molecule has 0 radical (unpaired) electrons. The number of hydrogen-bond acceptors (Lipinski definition) is 3. The number of aromatic amines is 1. The molecule has 0 atom stereocenters. The Bertz CT molecular complexity index is 564. The molecule has 0 saturated heterocycles. The van der Waals surface area contributed by atoms with Gasteiger partial charge in [-0.3, -0.25) is 14.9 Å². The molecule has 1 aliphatic rings. The van der Waals surface area contributed by atoms with Crippen LogP contribution in [-0.4, -0.2) is 32.5 Å². The first-order valence-electron chi connectivity index (χ1n) is 6.51. The average molecular weight is 256 g/mol. The largest absolute Gasteiger partial charge is 0.338 e. The number of nitrogens with one attached hydrogen (secondary N) is 1. The van der Waals surface area contributed by atoms with Crippen LogP contribution in [0.3, 0.4) is 0 Å². The van der Waals surface area contributed by atoms with Gasteiger partial charge in [0.15, 0.2) is 0 Å². The fourth-order valence-corrected chi connectivity index (χ4v) is 2.39. The van der Waals surface area contributed by atoms with Crippen LogP contribution in [0.15, 0.2) is 30.7 Å². The van der Waals surface area contributed by atoms with Crippen molar-refractivity contribution in [3.63, 3.8) is 0 Å². The lowest BCUT2D eigenvalue weighted by molar-refractivity contribution is -0.132. The summed E-state index contributed by atoms with van der Waals surface area (Å²) in [6.07, 6.45) is 7.54. The van der Waals surface area contributed by atoms with Crippen molar-refractivity contribution in [3.05, 3.63) is 47.5 Å². The van der Waals surface area contributed by atoms with E-state index in [0.29, 0.717) is 13.0 Å². The number of H-pyrrole nitrogens is 1. The van der Waals surface area contributed by atoms with Crippen molar-refractivity contribution in [2.24, 2.45) is 0 Å². The van der Waals surface area contributed by atoms with Crippen molar-refractivity contribution in [2.75, 3.05) is 6.54 Å². The fourth-order valence-electron chi connectivity index (χ4n) is 2.39. The molecule has 0 bridgehead atoms. The number of rotatable bonds is 3. The topological polar surface area (TPSA) is 61.9 Å². The van der Waals surface area contributed by atoms with Gasteiger partial charge in [0, 0.05) is 49.6 Å². The highest BCUT2D eigenvalue weighted by Crippen LogP contribution is 2.17. The van der Waals surface area contributed by atoms with Crippen LogP contribution in [0.1, 0.15) is 23.2 Å². The van der Waals surface area contributed by atoms with Crippen LogP contribution in [0.4, 0.5) is 0 Å². The number of nitrogens with zero attached hydrogens (tertiary/aromatic N) is 3. The monoisotopic (exact) mass is 256 g/mol. The standard InChI is InChI=1S/C14H16N4O/c19-14(4-3-11-2-1-6-15-8-11)18-7-5-13-12(10-18)9-16-17-13/h1-2,6,8-9H,3-5,7,10H2,(H,16,17). The van der Waals surface area contributed by atoms with E-state index in [1.807, 2.05) is 29.4 Å². The molecule has 1 amide bonds. The summed E-state index contributed by atoms with van der Waals surface area (Å²) in [7, 11) is 0. The fraction of sp³-hybridized carbons (Fsp3) is 0.357. The van der Waals surface area contributed by atoms with Crippen LogP contribution >= 0.6 is 0 Å². The van der Waals surface area contributed by atoms with E-state index in [0.717, 1.165) is 36.2 Å². The van der Waals surface area contributed by atoms with Crippen LogP contribution in [0.25, 0.3) is 0 Å². The molecular weight excluding hydrogens is 240 g/mol. The second-order valence-electron chi connectivity index (χ2n) is 4.80. The summed E-state index contributed by atoms with van der Waals surface area (Å²) in [5.74, 6) is 0.204. The van der Waals surface area contributed by atoms with Gasteiger partial charge in [-0.05, 0) is 18.1 Å². The third-order valence-electron chi connectivity index (χ3n) is 3.50. The molecule has 0 aromatic carbocycles. The highest BCUT2D eigenvalue weighted by Gasteiger charge is 2.21. The molecule has 3 rings (SSSR count). The van der Waals surface area contributed by atoms with Gasteiger partial charge in [-0.15, -0.1) is 0 Å². The number of pyridine rings is 1. The molecule has 98 valence electrons. The number of carbonyl (C=O) groups is 1. The van der Waals surface area contributed by atoms with Gasteiger partial charge in [0.2, 0.25) is 5.91 Å². The number of amides is 1. The average Bonchev–Trinajstić information content (AvgIpc) is 2.93. The lowest BCUT2D eigenvalue weighted by Gasteiger charge is -2.26. The normalized spacial score (nSPS) is 14.2. The summed E-state index contributed by atoms with van der Waals surface area (Å²) in [6.45, 7) is 1.46. The Labute approximate surface area is 111 Å². The zero-order chi connectivity index (χ0) is 13.1. The van der Waals surface area contributed by atoms with Gasteiger partial charge in [-0.1, -0.05) is 6.07 Å². The molecule has 5 nitrogen and oxygen atoms in total. The molecule has 0 fully saturated rings. The van der Waals surface area contributed by atoms with Gasteiger partial charge in [0.1, 0.15) is 0 Å². The number of aryl methyl sites for hydroxylation is 1. The zero-order valence-electron chi connectivity index (χ0n) is 10.7. The Balaban J connectivity index is 1.57. The van der Waals surface area contributed by atoms with Crippen molar-refractivity contribution in [3.8, 4) is 0 Å². The van der Waals surface area contributed by atoms with E-state index in [9.17, 15) is 4.79 Å². The van der Waals surface area contributed by atoms with E-state index in [1.54, 1.807) is 6.20 Å². The third kappa shape index (κ3) is 2.65. The van der Waals surface area contributed by atoms with Crippen LogP contribution in [-0.2, 0) is 24.2 Å². The van der Waals surface area contributed by atoms with E-state index in [2.05, 4.69) is 15.2 Å².